The number of nitrogens with zero attached hydrogens (tertiary/aromatic N) is 2. The molecular weight excluding hydrogens is 330 g/mol. The van der Waals surface area contributed by atoms with Crippen molar-refractivity contribution in [2.24, 2.45) is 5.92 Å². The molecule has 0 aromatic carbocycles. The minimum Gasteiger partial charge on any atom is -0.348 e. The lowest BCUT2D eigenvalue weighted by Crippen LogP contribution is -2.47. The fourth-order valence-corrected chi connectivity index (χ4v) is 4.10. The van der Waals surface area contributed by atoms with Gasteiger partial charge in [-0.3, -0.25) is 4.79 Å². The molecule has 2 saturated heterocycles. The Labute approximate surface area is 132 Å². The summed E-state index contributed by atoms with van der Waals surface area (Å²) in [6, 6.07) is 6.16. The van der Waals surface area contributed by atoms with Gasteiger partial charge in [0.25, 0.3) is 5.91 Å². The Morgan fingerprint density at radius 2 is 2.19 bits per heavy atom. The molecule has 2 aliphatic rings. The summed E-state index contributed by atoms with van der Waals surface area (Å²) in [5.41, 5.74) is 1.80. The van der Waals surface area contributed by atoms with Crippen LogP contribution in [0.1, 0.15) is 23.2 Å². The van der Waals surface area contributed by atoms with Crippen LogP contribution in [0.25, 0.3) is 5.52 Å². The van der Waals surface area contributed by atoms with Crippen molar-refractivity contribution in [3.05, 3.63) is 40.6 Å². The molecule has 0 saturated carbocycles. The molecule has 0 spiro atoms. The first-order valence-electron chi connectivity index (χ1n) is 7.48. The highest BCUT2D eigenvalue weighted by atomic mass is 79.9. The molecule has 4 heterocycles. The second-order valence-electron chi connectivity index (χ2n) is 6.19. The van der Waals surface area contributed by atoms with Crippen molar-refractivity contribution in [2.75, 3.05) is 19.6 Å². The van der Waals surface area contributed by atoms with Gasteiger partial charge in [0.05, 0.1) is 11.1 Å². The topological polar surface area (TPSA) is 36.8 Å². The first kappa shape index (κ1) is 13.3. The van der Waals surface area contributed by atoms with Crippen molar-refractivity contribution >= 4 is 27.4 Å². The van der Waals surface area contributed by atoms with E-state index < -0.39 is 0 Å². The van der Waals surface area contributed by atoms with Crippen LogP contribution in [-0.4, -0.2) is 40.9 Å². The number of hydrogen-bond donors (Lipinski definition) is 1. The molecule has 2 aromatic heterocycles. The maximum Gasteiger partial charge on any atom is 0.253 e. The fourth-order valence-electron chi connectivity index (χ4n) is 3.64. The second-order valence-corrected chi connectivity index (χ2v) is 7.05. The van der Waals surface area contributed by atoms with Gasteiger partial charge >= 0.3 is 0 Å². The molecule has 2 bridgehead atoms. The third kappa shape index (κ3) is 2.49. The zero-order valence-corrected chi connectivity index (χ0v) is 13.3. The van der Waals surface area contributed by atoms with Crippen molar-refractivity contribution in [3.8, 4) is 0 Å². The number of rotatable bonds is 2. The Balaban J connectivity index is 1.50. The van der Waals surface area contributed by atoms with Crippen LogP contribution in [-0.2, 0) is 0 Å². The summed E-state index contributed by atoms with van der Waals surface area (Å²) in [6.07, 6.45) is 6.27. The van der Waals surface area contributed by atoms with E-state index in [1.807, 2.05) is 35.0 Å². The number of aromatic nitrogens is 1. The quantitative estimate of drug-likeness (QED) is 0.906. The van der Waals surface area contributed by atoms with Crippen LogP contribution in [0.15, 0.2) is 35.1 Å². The van der Waals surface area contributed by atoms with Gasteiger partial charge in [-0.2, -0.15) is 0 Å². The number of fused-ring (bicyclic) bond motifs is 3. The van der Waals surface area contributed by atoms with E-state index in [0.717, 1.165) is 34.4 Å². The molecule has 110 valence electrons. The molecule has 1 N–H and O–H groups in total. The molecule has 5 heteroatoms. The SMILES string of the molecule is O=C(N[C@@H]1C[C@@H]2CCN(C2)C1)c1ccc2c(Br)ccn2c1. The van der Waals surface area contributed by atoms with Crippen LogP contribution in [0.3, 0.4) is 0 Å². The molecule has 21 heavy (non-hydrogen) atoms. The predicted molar refractivity (Wildman–Crippen MR) is 85.5 cm³/mol. The molecule has 0 aliphatic carbocycles. The van der Waals surface area contributed by atoms with Crippen molar-refractivity contribution < 1.29 is 4.79 Å². The van der Waals surface area contributed by atoms with Gasteiger partial charge in [0.1, 0.15) is 0 Å². The zero-order chi connectivity index (χ0) is 14.4. The lowest BCUT2D eigenvalue weighted by Gasteiger charge is -2.30. The summed E-state index contributed by atoms with van der Waals surface area (Å²) >= 11 is 3.50. The van der Waals surface area contributed by atoms with Crippen LogP contribution < -0.4 is 5.32 Å². The summed E-state index contributed by atoms with van der Waals surface area (Å²) in [5.74, 6) is 0.807. The van der Waals surface area contributed by atoms with Crippen molar-refractivity contribution in [2.45, 2.75) is 18.9 Å². The highest BCUT2D eigenvalue weighted by Crippen LogP contribution is 2.27. The molecule has 0 radical (unpaired) electrons. The fraction of sp³-hybridized carbons (Fsp3) is 0.438. The lowest BCUT2D eigenvalue weighted by atomic mass is 9.96. The molecule has 4 rings (SSSR count). The Morgan fingerprint density at radius 1 is 1.29 bits per heavy atom. The van der Waals surface area contributed by atoms with Gasteiger partial charge in [0.15, 0.2) is 0 Å². The van der Waals surface area contributed by atoms with Crippen LogP contribution in [0.2, 0.25) is 0 Å². The average molecular weight is 348 g/mol. The average Bonchev–Trinajstić information content (AvgIpc) is 3.02. The molecule has 1 amide bonds. The second kappa shape index (κ2) is 5.14. The third-order valence-corrected chi connectivity index (χ3v) is 5.34. The third-order valence-electron chi connectivity index (χ3n) is 4.67. The smallest absolute Gasteiger partial charge is 0.253 e. The Morgan fingerprint density at radius 3 is 3.05 bits per heavy atom. The molecule has 2 fully saturated rings. The predicted octanol–water partition coefficient (Wildman–Crippen LogP) is 2.53. The highest BCUT2D eigenvalue weighted by Gasteiger charge is 2.32. The van der Waals surface area contributed by atoms with Gasteiger partial charge in [-0.1, -0.05) is 0 Å². The van der Waals surface area contributed by atoms with E-state index in [1.54, 1.807) is 0 Å². The van der Waals surface area contributed by atoms with Gasteiger partial charge in [-0.15, -0.1) is 0 Å². The van der Waals surface area contributed by atoms with Gasteiger partial charge in [-0.25, -0.2) is 0 Å². The van der Waals surface area contributed by atoms with Crippen LogP contribution >= 0.6 is 15.9 Å². The summed E-state index contributed by atoms with van der Waals surface area (Å²) in [7, 11) is 0. The number of carbonyl (C=O) groups is 1. The maximum absolute atomic E-state index is 12.4. The minimum atomic E-state index is 0.0363. The van der Waals surface area contributed by atoms with Gasteiger partial charge in [0, 0.05) is 36.0 Å². The minimum absolute atomic E-state index is 0.0363. The molecule has 2 aliphatic heterocycles. The van der Waals surface area contributed by atoms with Crippen molar-refractivity contribution in [1.82, 2.24) is 14.6 Å². The van der Waals surface area contributed by atoms with Crippen LogP contribution in [0.5, 0.6) is 0 Å². The van der Waals surface area contributed by atoms with E-state index in [0.29, 0.717) is 6.04 Å². The Bertz CT molecular complexity index is 684. The zero-order valence-electron chi connectivity index (χ0n) is 11.8. The first-order chi connectivity index (χ1) is 10.2. The maximum atomic E-state index is 12.4. The summed E-state index contributed by atoms with van der Waals surface area (Å²) in [5, 5.41) is 3.20. The highest BCUT2D eigenvalue weighted by molar-refractivity contribution is 9.10. The van der Waals surface area contributed by atoms with Crippen LogP contribution in [0.4, 0.5) is 0 Å². The molecule has 1 unspecified atom stereocenters. The number of halogens is 1. The van der Waals surface area contributed by atoms with E-state index in [9.17, 15) is 4.79 Å². The van der Waals surface area contributed by atoms with E-state index in [-0.39, 0.29) is 5.91 Å². The van der Waals surface area contributed by atoms with Gasteiger partial charge < -0.3 is 14.6 Å². The molecule has 2 aromatic rings. The summed E-state index contributed by atoms with van der Waals surface area (Å²) < 4.78 is 3.03. The van der Waals surface area contributed by atoms with E-state index in [1.165, 1.54) is 19.5 Å². The van der Waals surface area contributed by atoms with E-state index in [4.69, 9.17) is 0 Å². The summed E-state index contributed by atoms with van der Waals surface area (Å²) in [4.78, 5) is 14.9. The Hall–Kier alpha value is -1.33. The molecular formula is C16H18BrN3O. The van der Waals surface area contributed by atoms with Crippen molar-refractivity contribution in [3.63, 3.8) is 0 Å². The number of amides is 1. The van der Waals surface area contributed by atoms with Gasteiger partial charge in [0.2, 0.25) is 0 Å². The number of piperidine rings is 1. The normalized spacial score (nSPS) is 28.0. The largest absolute Gasteiger partial charge is 0.348 e. The number of pyridine rings is 1. The Kier molecular flexibility index (Phi) is 3.27. The van der Waals surface area contributed by atoms with Crippen LogP contribution in [0, 0.1) is 5.92 Å². The van der Waals surface area contributed by atoms with Crippen molar-refractivity contribution in [1.29, 1.82) is 0 Å². The van der Waals surface area contributed by atoms with Gasteiger partial charge in [-0.05, 0) is 59.4 Å². The molecule has 3 atom stereocenters. The molecule has 4 nitrogen and oxygen atoms in total. The summed E-state index contributed by atoms with van der Waals surface area (Å²) in [6.45, 7) is 3.41. The standard InChI is InChI=1S/C16H18BrN3O/c17-14-4-6-20-9-12(1-2-15(14)20)16(21)18-13-7-11-3-5-19(8-11)10-13/h1-2,4,6,9,11,13H,3,5,7-8,10H2,(H,18,21)/t11-,13+/m0/s1. The number of hydrogen-bond acceptors (Lipinski definition) is 2. The lowest BCUT2D eigenvalue weighted by molar-refractivity contribution is 0.0909. The van der Waals surface area contributed by atoms with E-state index in [2.05, 4.69) is 26.1 Å². The monoisotopic (exact) mass is 347 g/mol. The number of carbonyl (C=O) groups excluding carboxylic acids is 1. The van der Waals surface area contributed by atoms with E-state index >= 15 is 0 Å². The first-order valence-corrected chi connectivity index (χ1v) is 8.28. The number of nitrogens with one attached hydrogen (secondary N) is 1.